The van der Waals surface area contributed by atoms with Gasteiger partial charge in [0.2, 0.25) is 0 Å². The van der Waals surface area contributed by atoms with Crippen molar-refractivity contribution in [2.75, 3.05) is 6.54 Å². The molecule has 0 bridgehead atoms. The van der Waals surface area contributed by atoms with Gasteiger partial charge in [0.1, 0.15) is 0 Å². The van der Waals surface area contributed by atoms with E-state index in [0.29, 0.717) is 12.8 Å². The number of aliphatic carboxylic acids is 1. The maximum Gasteiger partial charge on any atom is 0.344 e. The summed E-state index contributed by atoms with van der Waals surface area (Å²) in [6.07, 6.45) is 0.00451. The van der Waals surface area contributed by atoms with E-state index in [1.54, 1.807) is 6.07 Å². The van der Waals surface area contributed by atoms with E-state index in [4.69, 9.17) is 9.84 Å². The third-order valence-electron chi connectivity index (χ3n) is 3.06. The van der Waals surface area contributed by atoms with Crippen LogP contribution >= 0.6 is 0 Å². The van der Waals surface area contributed by atoms with Crippen molar-refractivity contribution in [1.82, 2.24) is 5.32 Å². The van der Waals surface area contributed by atoms with Gasteiger partial charge < -0.3 is 15.2 Å². The van der Waals surface area contributed by atoms with Crippen molar-refractivity contribution in [3.63, 3.8) is 0 Å². The molecule has 5 heteroatoms. The second kappa shape index (κ2) is 7.85. The van der Waals surface area contributed by atoms with Crippen LogP contribution < -0.4 is 10.1 Å². The number of carboxylic acid groups (broad SMARTS) is 1. The van der Waals surface area contributed by atoms with Gasteiger partial charge in [-0.1, -0.05) is 26.3 Å². The number of rotatable bonds is 8. The number of hydrogen-bond donors (Lipinski definition) is 2. The summed E-state index contributed by atoms with van der Waals surface area (Å²) < 4.78 is 19.2. The largest absolute Gasteiger partial charge is 0.479 e. The van der Waals surface area contributed by atoms with Crippen LogP contribution in [0.4, 0.5) is 4.39 Å². The number of ether oxygens (including phenoxy) is 1. The minimum Gasteiger partial charge on any atom is -0.479 e. The highest BCUT2D eigenvalue weighted by molar-refractivity contribution is 5.72. The molecule has 0 saturated carbocycles. The van der Waals surface area contributed by atoms with E-state index in [1.807, 2.05) is 20.8 Å². The first-order valence-corrected chi connectivity index (χ1v) is 6.91. The van der Waals surface area contributed by atoms with Gasteiger partial charge in [0.15, 0.2) is 17.7 Å². The average molecular weight is 283 g/mol. The Hall–Kier alpha value is -1.62. The predicted octanol–water partition coefficient (Wildman–Crippen LogP) is 3.13. The lowest BCUT2D eigenvalue weighted by Crippen LogP contribution is -2.27. The molecule has 0 amide bonds. The van der Waals surface area contributed by atoms with Crippen molar-refractivity contribution in [2.45, 2.75) is 45.8 Å². The summed E-state index contributed by atoms with van der Waals surface area (Å²) in [7, 11) is 0. The third kappa shape index (κ3) is 4.49. The molecule has 20 heavy (non-hydrogen) atoms. The van der Waals surface area contributed by atoms with Crippen molar-refractivity contribution >= 4 is 5.97 Å². The van der Waals surface area contributed by atoms with Gasteiger partial charge in [-0.2, -0.15) is 0 Å². The molecule has 0 saturated heterocycles. The molecule has 0 fully saturated rings. The minimum absolute atomic E-state index is 0.0155. The number of halogens is 1. The summed E-state index contributed by atoms with van der Waals surface area (Å²) in [5.41, 5.74) is 0.805. The fourth-order valence-corrected chi connectivity index (χ4v) is 1.95. The number of nitrogens with one attached hydrogen (secondary N) is 1. The standard InChI is InChI=1S/C15H22FNO3/c1-4-6-14(15(18)19)20-13-8-7-11(9-12(13)16)10(3)17-5-2/h7-10,14,17H,4-6H2,1-3H3,(H,18,19). The molecule has 0 aromatic heterocycles. The van der Waals surface area contributed by atoms with Gasteiger partial charge in [-0.25, -0.2) is 9.18 Å². The Labute approximate surface area is 119 Å². The molecule has 4 nitrogen and oxygen atoms in total. The van der Waals surface area contributed by atoms with Crippen LogP contribution in [0.25, 0.3) is 0 Å². The first-order valence-electron chi connectivity index (χ1n) is 6.91. The summed E-state index contributed by atoms with van der Waals surface area (Å²) in [5, 5.41) is 12.2. The molecule has 1 rings (SSSR count). The maximum absolute atomic E-state index is 14.0. The van der Waals surface area contributed by atoms with E-state index in [2.05, 4.69) is 5.32 Å². The topological polar surface area (TPSA) is 58.6 Å². The van der Waals surface area contributed by atoms with Gasteiger partial charge in [0.05, 0.1) is 0 Å². The van der Waals surface area contributed by atoms with Crippen LogP contribution in [0.5, 0.6) is 5.75 Å². The highest BCUT2D eigenvalue weighted by Gasteiger charge is 2.20. The summed E-state index contributed by atoms with van der Waals surface area (Å²) >= 11 is 0. The Bertz CT molecular complexity index is 451. The lowest BCUT2D eigenvalue weighted by Gasteiger charge is -2.17. The maximum atomic E-state index is 14.0. The van der Waals surface area contributed by atoms with Crippen LogP contribution in [0.3, 0.4) is 0 Å². The molecule has 0 aliphatic rings. The van der Waals surface area contributed by atoms with Crippen molar-refractivity contribution in [3.8, 4) is 5.75 Å². The van der Waals surface area contributed by atoms with E-state index < -0.39 is 17.9 Å². The number of hydrogen-bond acceptors (Lipinski definition) is 3. The second-order valence-electron chi connectivity index (χ2n) is 4.70. The summed E-state index contributed by atoms with van der Waals surface area (Å²) in [5.74, 6) is -1.62. The van der Waals surface area contributed by atoms with Gasteiger partial charge in [-0.05, 0) is 37.6 Å². The van der Waals surface area contributed by atoms with Crippen LogP contribution in [0.15, 0.2) is 18.2 Å². The van der Waals surface area contributed by atoms with Crippen LogP contribution in [-0.2, 0) is 4.79 Å². The molecule has 0 aliphatic carbocycles. The molecule has 2 unspecified atom stereocenters. The quantitative estimate of drug-likeness (QED) is 0.769. The minimum atomic E-state index is -1.07. The van der Waals surface area contributed by atoms with Gasteiger partial charge in [-0.3, -0.25) is 0 Å². The monoisotopic (exact) mass is 283 g/mol. The lowest BCUT2D eigenvalue weighted by molar-refractivity contribution is -0.145. The summed E-state index contributed by atoms with van der Waals surface area (Å²) in [6.45, 7) is 6.57. The Balaban J connectivity index is 2.84. The molecule has 0 aliphatic heterocycles. The summed E-state index contributed by atoms with van der Waals surface area (Å²) in [4.78, 5) is 11.0. The van der Waals surface area contributed by atoms with Gasteiger partial charge in [0.25, 0.3) is 0 Å². The van der Waals surface area contributed by atoms with Crippen LogP contribution in [-0.4, -0.2) is 23.7 Å². The molecule has 1 aromatic carbocycles. The van der Waals surface area contributed by atoms with E-state index in [0.717, 1.165) is 12.1 Å². The van der Waals surface area contributed by atoms with E-state index >= 15 is 0 Å². The Morgan fingerprint density at radius 2 is 2.15 bits per heavy atom. The molecule has 0 radical (unpaired) electrons. The molecular formula is C15H22FNO3. The molecule has 1 aromatic rings. The first kappa shape index (κ1) is 16.4. The normalized spacial score (nSPS) is 13.8. The molecule has 112 valence electrons. The fourth-order valence-electron chi connectivity index (χ4n) is 1.95. The SMILES string of the molecule is CCCC(Oc1ccc(C(C)NCC)cc1F)C(=O)O. The Kier molecular flexibility index (Phi) is 6.45. The fraction of sp³-hybridized carbons (Fsp3) is 0.533. The van der Waals surface area contributed by atoms with Crippen molar-refractivity contribution in [2.24, 2.45) is 0 Å². The van der Waals surface area contributed by atoms with Gasteiger partial charge in [0, 0.05) is 6.04 Å². The van der Waals surface area contributed by atoms with Crippen LogP contribution in [0, 0.1) is 5.82 Å². The first-order chi connectivity index (χ1) is 9.49. The number of carbonyl (C=O) groups is 1. The van der Waals surface area contributed by atoms with Crippen molar-refractivity contribution in [1.29, 1.82) is 0 Å². The summed E-state index contributed by atoms with van der Waals surface area (Å²) in [6, 6.07) is 4.66. The van der Waals surface area contributed by atoms with E-state index in [-0.39, 0.29) is 11.8 Å². The lowest BCUT2D eigenvalue weighted by atomic mass is 10.1. The predicted molar refractivity (Wildman–Crippen MR) is 75.5 cm³/mol. The third-order valence-corrected chi connectivity index (χ3v) is 3.06. The molecular weight excluding hydrogens is 261 g/mol. The Morgan fingerprint density at radius 1 is 1.45 bits per heavy atom. The van der Waals surface area contributed by atoms with E-state index in [9.17, 15) is 9.18 Å². The molecule has 2 atom stereocenters. The highest BCUT2D eigenvalue weighted by Crippen LogP contribution is 2.23. The highest BCUT2D eigenvalue weighted by atomic mass is 19.1. The average Bonchev–Trinajstić information content (AvgIpc) is 2.40. The zero-order valence-corrected chi connectivity index (χ0v) is 12.1. The molecule has 0 heterocycles. The zero-order valence-electron chi connectivity index (χ0n) is 12.1. The Morgan fingerprint density at radius 3 is 2.65 bits per heavy atom. The molecule has 2 N–H and O–H groups in total. The number of carboxylic acids is 1. The molecule has 0 spiro atoms. The van der Waals surface area contributed by atoms with Gasteiger partial charge >= 0.3 is 5.97 Å². The van der Waals surface area contributed by atoms with E-state index in [1.165, 1.54) is 12.1 Å². The number of benzene rings is 1. The van der Waals surface area contributed by atoms with Gasteiger partial charge in [-0.15, -0.1) is 0 Å². The second-order valence-corrected chi connectivity index (χ2v) is 4.70. The van der Waals surface area contributed by atoms with Crippen LogP contribution in [0.2, 0.25) is 0 Å². The zero-order chi connectivity index (χ0) is 15.1. The van der Waals surface area contributed by atoms with Crippen molar-refractivity contribution < 1.29 is 19.0 Å². The van der Waals surface area contributed by atoms with Crippen molar-refractivity contribution in [3.05, 3.63) is 29.6 Å². The smallest absolute Gasteiger partial charge is 0.344 e. The van der Waals surface area contributed by atoms with Crippen LogP contribution in [0.1, 0.15) is 45.2 Å².